The molecule has 32 heavy (non-hydrogen) atoms. The number of primary amides is 1. The van der Waals surface area contributed by atoms with Crippen molar-refractivity contribution in [2.45, 2.75) is 32.9 Å². The summed E-state index contributed by atoms with van der Waals surface area (Å²) in [7, 11) is 0. The van der Waals surface area contributed by atoms with Gasteiger partial charge in [-0.1, -0.05) is 24.3 Å². The first kappa shape index (κ1) is 23.8. The number of hydrogen-bond acceptors (Lipinski definition) is 5. The molecule has 1 aliphatic rings. The summed E-state index contributed by atoms with van der Waals surface area (Å²) >= 11 is 1.44. The quantitative estimate of drug-likeness (QED) is 0.525. The fraction of sp³-hybridized carbons (Fsp3) is 0.250. The van der Waals surface area contributed by atoms with Gasteiger partial charge in [-0.3, -0.25) is 14.5 Å². The molecule has 3 N–H and O–H groups in total. The summed E-state index contributed by atoms with van der Waals surface area (Å²) in [5.74, 6) is 0.441. The van der Waals surface area contributed by atoms with Crippen molar-refractivity contribution < 1.29 is 14.3 Å². The van der Waals surface area contributed by atoms with Gasteiger partial charge >= 0.3 is 0 Å². The van der Waals surface area contributed by atoms with Gasteiger partial charge in [0.1, 0.15) is 16.5 Å². The number of thiophene rings is 1. The summed E-state index contributed by atoms with van der Waals surface area (Å²) in [5, 5.41) is 3.42. The molecule has 6 nitrogen and oxygen atoms in total. The first-order valence-corrected chi connectivity index (χ1v) is 11.1. The van der Waals surface area contributed by atoms with Crippen LogP contribution in [-0.4, -0.2) is 29.3 Å². The Labute approximate surface area is 197 Å². The van der Waals surface area contributed by atoms with Crippen molar-refractivity contribution in [1.29, 1.82) is 0 Å². The Hall–Kier alpha value is -2.87. The van der Waals surface area contributed by atoms with Crippen LogP contribution < -0.4 is 15.8 Å². The summed E-state index contributed by atoms with van der Waals surface area (Å²) in [6.07, 6.45) is 0.749. The summed E-state index contributed by atoms with van der Waals surface area (Å²) in [6.45, 7) is 5.93. The average molecular weight is 472 g/mol. The fourth-order valence-corrected chi connectivity index (χ4v) is 4.99. The van der Waals surface area contributed by atoms with Crippen LogP contribution in [0, 0.1) is 0 Å². The van der Waals surface area contributed by atoms with Gasteiger partial charge in [0.05, 0.1) is 5.56 Å². The van der Waals surface area contributed by atoms with Crippen LogP contribution in [-0.2, 0) is 13.0 Å². The number of carbonyl (C=O) groups excluding carboxylic acids is 2. The number of halogens is 1. The number of rotatable bonds is 6. The van der Waals surface area contributed by atoms with E-state index >= 15 is 0 Å². The highest BCUT2D eigenvalue weighted by Crippen LogP contribution is 2.37. The summed E-state index contributed by atoms with van der Waals surface area (Å²) in [6, 6.07) is 16.7. The molecule has 0 spiro atoms. The number of anilines is 1. The zero-order chi connectivity index (χ0) is 22.0. The standard InChI is InChI=1S/C24H25N3O3S.ClH/c1-15(2)27-12-11-19-20(14-27)31-24(21(19)22(25)28)26-23(29)16-7-6-10-18(13-16)30-17-8-4-3-5-9-17;/h3-10,13,15H,11-12,14H2,1-2H3,(H2,25,28)(H,26,29);1H. The number of nitrogens with zero attached hydrogens (tertiary/aromatic N) is 1. The largest absolute Gasteiger partial charge is 0.457 e. The van der Waals surface area contributed by atoms with Crippen LogP contribution >= 0.6 is 23.7 Å². The normalized spacial score (nSPS) is 13.2. The number of para-hydroxylation sites is 1. The van der Waals surface area contributed by atoms with Gasteiger partial charge in [0, 0.05) is 29.6 Å². The summed E-state index contributed by atoms with van der Waals surface area (Å²) in [5.41, 5.74) is 7.53. The van der Waals surface area contributed by atoms with Crippen molar-refractivity contribution in [3.63, 3.8) is 0 Å². The van der Waals surface area contributed by atoms with E-state index in [0.717, 1.165) is 30.0 Å². The minimum atomic E-state index is -0.507. The van der Waals surface area contributed by atoms with E-state index in [2.05, 4.69) is 24.1 Å². The number of fused-ring (bicyclic) bond motifs is 1. The van der Waals surface area contributed by atoms with E-state index < -0.39 is 5.91 Å². The maximum atomic E-state index is 13.0. The van der Waals surface area contributed by atoms with E-state index in [9.17, 15) is 9.59 Å². The molecule has 8 heteroatoms. The van der Waals surface area contributed by atoms with Crippen molar-refractivity contribution >= 4 is 40.6 Å². The third kappa shape index (κ3) is 5.12. The fourth-order valence-electron chi connectivity index (χ4n) is 3.71. The van der Waals surface area contributed by atoms with Crippen molar-refractivity contribution in [3.05, 3.63) is 76.2 Å². The lowest BCUT2D eigenvalue weighted by Gasteiger charge is -2.30. The second-order valence-electron chi connectivity index (χ2n) is 7.78. The van der Waals surface area contributed by atoms with Crippen LogP contribution in [0.5, 0.6) is 11.5 Å². The molecule has 168 valence electrons. The van der Waals surface area contributed by atoms with Crippen LogP contribution in [0.25, 0.3) is 0 Å². The minimum Gasteiger partial charge on any atom is -0.457 e. The Balaban J connectivity index is 0.00000289. The summed E-state index contributed by atoms with van der Waals surface area (Å²) < 4.78 is 5.82. The topological polar surface area (TPSA) is 84.7 Å². The van der Waals surface area contributed by atoms with Crippen LogP contribution in [0.1, 0.15) is 45.0 Å². The second kappa shape index (κ2) is 10.2. The zero-order valence-electron chi connectivity index (χ0n) is 18.0. The predicted molar refractivity (Wildman–Crippen MR) is 130 cm³/mol. The van der Waals surface area contributed by atoms with Gasteiger partial charge in [0.25, 0.3) is 11.8 Å². The molecule has 0 unspecified atom stereocenters. The van der Waals surface area contributed by atoms with Crippen LogP contribution in [0.2, 0.25) is 0 Å². The molecule has 2 amide bonds. The van der Waals surface area contributed by atoms with Crippen molar-refractivity contribution in [2.24, 2.45) is 5.73 Å². The Morgan fingerprint density at radius 3 is 2.50 bits per heavy atom. The van der Waals surface area contributed by atoms with Gasteiger partial charge in [-0.15, -0.1) is 23.7 Å². The lowest BCUT2D eigenvalue weighted by molar-refractivity contribution is 0.0999. The third-order valence-electron chi connectivity index (χ3n) is 5.37. The lowest BCUT2D eigenvalue weighted by Crippen LogP contribution is -2.35. The minimum absolute atomic E-state index is 0. The van der Waals surface area contributed by atoms with Gasteiger partial charge in [-0.05, 0) is 56.2 Å². The predicted octanol–water partition coefficient (Wildman–Crippen LogP) is 5.08. The molecule has 0 fully saturated rings. The van der Waals surface area contributed by atoms with E-state index in [4.69, 9.17) is 10.5 Å². The van der Waals surface area contributed by atoms with E-state index in [1.165, 1.54) is 11.3 Å². The number of benzene rings is 2. The smallest absolute Gasteiger partial charge is 0.256 e. The van der Waals surface area contributed by atoms with Crippen LogP contribution in [0.15, 0.2) is 54.6 Å². The second-order valence-corrected chi connectivity index (χ2v) is 8.89. The number of nitrogens with two attached hydrogens (primary N) is 1. The molecule has 1 aromatic heterocycles. The lowest BCUT2D eigenvalue weighted by atomic mass is 10.0. The van der Waals surface area contributed by atoms with Crippen molar-refractivity contribution in [2.75, 3.05) is 11.9 Å². The molecule has 2 aromatic carbocycles. The highest BCUT2D eigenvalue weighted by atomic mass is 35.5. The molecule has 0 aliphatic carbocycles. The zero-order valence-corrected chi connectivity index (χ0v) is 19.6. The Bertz CT molecular complexity index is 1110. The molecule has 4 rings (SSSR count). The van der Waals surface area contributed by atoms with Gasteiger partial charge in [0.15, 0.2) is 0 Å². The molecular formula is C24H26ClN3O3S. The average Bonchev–Trinajstić information content (AvgIpc) is 3.11. The molecule has 0 bridgehead atoms. The molecule has 0 atom stereocenters. The highest BCUT2D eigenvalue weighted by Gasteiger charge is 2.28. The first-order chi connectivity index (χ1) is 14.9. The van der Waals surface area contributed by atoms with Crippen LogP contribution in [0.3, 0.4) is 0 Å². The number of ether oxygens (including phenoxy) is 1. The molecule has 0 radical (unpaired) electrons. The molecule has 1 aliphatic heterocycles. The third-order valence-corrected chi connectivity index (χ3v) is 6.50. The number of nitrogens with one attached hydrogen (secondary N) is 1. The monoisotopic (exact) mass is 471 g/mol. The SMILES string of the molecule is CC(C)N1CCc2c(sc(NC(=O)c3cccc(Oc4ccccc4)c3)c2C(N)=O)C1.Cl. The summed E-state index contributed by atoms with van der Waals surface area (Å²) in [4.78, 5) is 28.6. The Morgan fingerprint density at radius 2 is 1.81 bits per heavy atom. The Morgan fingerprint density at radius 1 is 1.09 bits per heavy atom. The van der Waals surface area contributed by atoms with Crippen molar-refractivity contribution in [3.8, 4) is 11.5 Å². The molecule has 0 saturated heterocycles. The number of carbonyl (C=O) groups is 2. The first-order valence-electron chi connectivity index (χ1n) is 10.2. The highest BCUT2D eigenvalue weighted by molar-refractivity contribution is 7.17. The van der Waals surface area contributed by atoms with E-state index in [1.807, 2.05) is 30.3 Å². The van der Waals surface area contributed by atoms with Gasteiger partial charge in [-0.25, -0.2) is 0 Å². The van der Waals surface area contributed by atoms with Gasteiger partial charge in [0.2, 0.25) is 0 Å². The van der Waals surface area contributed by atoms with Crippen molar-refractivity contribution in [1.82, 2.24) is 4.90 Å². The number of hydrogen-bond donors (Lipinski definition) is 2. The Kier molecular flexibility index (Phi) is 7.56. The van der Waals surface area contributed by atoms with Gasteiger partial charge in [-0.2, -0.15) is 0 Å². The van der Waals surface area contributed by atoms with Crippen LogP contribution in [0.4, 0.5) is 5.00 Å². The van der Waals surface area contributed by atoms with Gasteiger partial charge < -0.3 is 15.8 Å². The van der Waals surface area contributed by atoms with E-state index in [-0.39, 0.29) is 18.3 Å². The molecule has 3 aromatic rings. The molecule has 0 saturated carbocycles. The van der Waals surface area contributed by atoms with E-state index in [0.29, 0.717) is 33.7 Å². The van der Waals surface area contributed by atoms with E-state index in [1.54, 1.807) is 24.3 Å². The maximum absolute atomic E-state index is 13.0. The maximum Gasteiger partial charge on any atom is 0.256 e. The molecule has 2 heterocycles. The number of amides is 2. The molecular weight excluding hydrogens is 446 g/mol.